The number of aromatic nitrogens is 4. The Labute approximate surface area is 88.3 Å². The quantitative estimate of drug-likeness (QED) is 0.735. The molecule has 0 bridgehead atoms. The second-order valence-corrected chi connectivity index (χ2v) is 3.53. The van der Waals surface area contributed by atoms with Crippen molar-refractivity contribution in [2.45, 2.75) is 38.7 Å². The summed E-state index contributed by atoms with van der Waals surface area (Å²) in [6.45, 7) is 3.57. The van der Waals surface area contributed by atoms with E-state index in [1.54, 1.807) is 20.9 Å². The SMILES string of the molecule is CCC(O)(CC)C(=O)Cc1nnn(C)n1. The number of carbonyl (C=O) groups excluding carboxylic acids is 1. The molecule has 84 valence electrons. The van der Waals surface area contributed by atoms with Gasteiger partial charge in [-0.25, -0.2) is 0 Å². The molecule has 0 amide bonds. The Kier molecular flexibility index (Phi) is 3.52. The molecule has 0 saturated carbocycles. The summed E-state index contributed by atoms with van der Waals surface area (Å²) in [6, 6.07) is 0. The van der Waals surface area contributed by atoms with E-state index in [0.717, 1.165) is 0 Å². The van der Waals surface area contributed by atoms with Gasteiger partial charge in [0.2, 0.25) is 0 Å². The van der Waals surface area contributed by atoms with Crippen LogP contribution in [0.15, 0.2) is 0 Å². The largest absolute Gasteiger partial charge is 0.382 e. The molecule has 0 fully saturated rings. The van der Waals surface area contributed by atoms with Crippen LogP contribution in [0, 0.1) is 0 Å². The number of hydrogen-bond acceptors (Lipinski definition) is 5. The number of ketones is 1. The van der Waals surface area contributed by atoms with Crippen molar-refractivity contribution >= 4 is 5.78 Å². The predicted octanol–water partition coefficient (Wildman–Crippen LogP) is -0.127. The van der Waals surface area contributed by atoms with Crippen LogP contribution in [0.3, 0.4) is 0 Å². The number of tetrazole rings is 1. The molecule has 6 nitrogen and oxygen atoms in total. The number of aryl methyl sites for hydroxylation is 1. The number of Topliss-reactive ketones (excluding diaryl/α,β-unsaturated/α-hetero) is 1. The van der Waals surface area contributed by atoms with E-state index in [9.17, 15) is 9.90 Å². The van der Waals surface area contributed by atoms with Crippen LogP contribution in [-0.2, 0) is 18.3 Å². The lowest BCUT2D eigenvalue weighted by atomic mass is 9.90. The highest BCUT2D eigenvalue weighted by Crippen LogP contribution is 2.17. The van der Waals surface area contributed by atoms with E-state index in [-0.39, 0.29) is 12.2 Å². The summed E-state index contributed by atoms with van der Waals surface area (Å²) in [4.78, 5) is 13.0. The fourth-order valence-electron chi connectivity index (χ4n) is 1.35. The summed E-state index contributed by atoms with van der Waals surface area (Å²) in [5, 5.41) is 21.2. The van der Waals surface area contributed by atoms with E-state index in [0.29, 0.717) is 18.7 Å². The Morgan fingerprint density at radius 2 is 2.07 bits per heavy atom. The van der Waals surface area contributed by atoms with Crippen LogP contribution in [0.5, 0.6) is 0 Å². The van der Waals surface area contributed by atoms with E-state index in [2.05, 4.69) is 15.4 Å². The first-order chi connectivity index (χ1) is 7.01. The fourth-order valence-corrected chi connectivity index (χ4v) is 1.35. The van der Waals surface area contributed by atoms with Gasteiger partial charge in [0.05, 0.1) is 13.5 Å². The van der Waals surface area contributed by atoms with Crippen LogP contribution in [-0.4, -0.2) is 36.7 Å². The Morgan fingerprint density at radius 1 is 1.47 bits per heavy atom. The third-order valence-electron chi connectivity index (χ3n) is 2.56. The van der Waals surface area contributed by atoms with Crippen molar-refractivity contribution < 1.29 is 9.90 Å². The predicted molar refractivity (Wildman–Crippen MR) is 53.0 cm³/mol. The number of rotatable bonds is 5. The van der Waals surface area contributed by atoms with Gasteiger partial charge in [-0.05, 0) is 18.1 Å². The molecule has 1 N–H and O–H groups in total. The molecule has 1 aromatic heterocycles. The lowest BCUT2D eigenvalue weighted by molar-refractivity contribution is -0.137. The molecular formula is C9H16N4O2. The molecule has 0 aromatic carbocycles. The van der Waals surface area contributed by atoms with Crippen molar-refractivity contribution in [1.82, 2.24) is 20.2 Å². The third kappa shape index (κ3) is 2.59. The lowest BCUT2D eigenvalue weighted by Crippen LogP contribution is -2.38. The van der Waals surface area contributed by atoms with Gasteiger partial charge in [-0.15, -0.1) is 10.2 Å². The van der Waals surface area contributed by atoms with Crippen molar-refractivity contribution in [3.63, 3.8) is 0 Å². The van der Waals surface area contributed by atoms with Gasteiger partial charge in [-0.2, -0.15) is 4.80 Å². The molecule has 1 rings (SSSR count). The second kappa shape index (κ2) is 4.48. The molecule has 0 spiro atoms. The van der Waals surface area contributed by atoms with Crippen LogP contribution in [0.2, 0.25) is 0 Å². The standard InChI is InChI=1S/C9H16N4O2/c1-4-9(15,5-2)7(14)6-8-10-12-13(3)11-8/h15H,4-6H2,1-3H3. The Hall–Kier alpha value is -1.30. The van der Waals surface area contributed by atoms with Gasteiger partial charge in [0, 0.05) is 0 Å². The summed E-state index contributed by atoms with van der Waals surface area (Å²) in [6.07, 6.45) is 0.844. The van der Waals surface area contributed by atoms with Crippen molar-refractivity contribution in [3.05, 3.63) is 5.82 Å². The van der Waals surface area contributed by atoms with Gasteiger partial charge < -0.3 is 5.11 Å². The molecule has 0 aliphatic rings. The minimum Gasteiger partial charge on any atom is -0.382 e. The zero-order chi connectivity index (χ0) is 11.5. The minimum atomic E-state index is -1.25. The minimum absolute atomic E-state index is 0.0337. The monoisotopic (exact) mass is 212 g/mol. The summed E-state index contributed by atoms with van der Waals surface area (Å²) >= 11 is 0. The van der Waals surface area contributed by atoms with E-state index in [1.165, 1.54) is 4.80 Å². The zero-order valence-electron chi connectivity index (χ0n) is 9.27. The second-order valence-electron chi connectivity index (χ2n) is 3.53. The molecule has 0 radical (unpaired) electrons. The van der Waals surface area contributed by atoms with Crippen LogP contribution in [0.4, 0.5) is 0 Å². The molecule has 0 unspecified atom stereocenters. The Bertz CT molecular complexity index is 344. The molecule has 1 heterocycles. The molecule has 0 aliphatic heterocycles. The molecule has 15 heavy (non-hydrogen) atoms. The Morgan fingerprint density at radius 3 is 2.47 bits per heavy atom. The maximum Gasteiger partial charge on any atom is 0.182 e. The molecule has 0 saturated heterocycles. The summed E-state index contributed by atoms with van der Waals surface area (Å²) < 4.78 is 0. The average Bonchev–Trinajstić information content (AvgIpc) is 2.62. The average molecular weight is 212 g/mol. The van der Waals surface area contributed by atoms with Crippen LogP contribution in [0.1, 0.15) is 32.5 Å². The number of nitrogens with zero attached hydrogens (tertiary/aromatic N) is 4. The van der Waals surface area contributed by atoms with Crippen LogP contribution in [0.25, 0.3) is 0 Å². The third-order valence-corrected chi connectivity index (χ3v) is 2.56. The normalized spacial score (nSPS) is 11.7. The van der Waals surface area contributed by atoms with Gasteiger partial charge in [-0.3, -0.25) is 4.79 Å². The summed E-state index contributed by atoms with van der Waals surface area (Å²) in [5.41, 5.74) is -1.25. The van der Waals surface area contributed by atoms with Crippen LogP contribution < -0.4 is 0 Å². The summed E-state index contributed by atoms with van der Waals surface area (Å²) in [5.74, 6) is 0.100. The molecule has 6 heteroatoms. The fraction of sp³-hybridized carbons (Fsp3) is 0.778. The van der Waals surface area contributed by atoms with Gasteiger partial charge >= 0.3 is 0 Å². The maximum absolute atomic E-state index is 11.7. The zero-order valence-corrected chi connectivity index (χ0v) is 9.27. The molecule has 0 atom stereocenters. The summed E-state index contributed by atoms with van der Waals surface area (Å²) in [7, 11) is 1.63. The number of hydrogen-bond donors (Lipinski definition) is 1. The van der Waals surface area contributed by atoms with E-state index >= 15 is 0 Å². The highest BCUT2D eigenvalue weighted by Gasteiger charge is 2.32. The molecule has 0 aliphatic carbocycles. The van der Waals surface area contributed by atoms with Gasteiger partial charge in [-0.1, -0.05) is 13.8 Å². The van der Waals surface area contributed by atoms with E-state index < -0.39 is 5.60 Å². The van der Waals surface area contributed by atoms with Crippen molar-refractivity contribution in [3.8, 4) is 0 Å². The highest BCUT2D eigenvalue weighted by atomic mass is 16.3. The molecular weight excluding hydrogens is 196 g/mol. The number of carbonyl (C=O) groups is 1. The maximum atomic E-state index is 11.7. The van der Waals surface area contributed by atoms with E-state index in [1.807, 2.05) is 0 Å². The van der Waals surface area contributed by atoms with Gasteiger partial charge in [0.15, 0.2) is 11.6 Å². The van der Waals surface area contributed by atoms with Gasteiger partial charge in [0.25, 0.3) is 0 Å². The van der Waals surface area contributed by atoms with Crippen LogP contribution >= 0.6 is 0 Å². The van der Waals surface area contributed by atoms with Crippen molar-refractivity contribution in [1.29, 1.82) is 0 Å². The van der Waals surface area contributed by atoms with Gasteiger partial charge in [0.1, 0.15) is 5.60 Å². The first-order valence-corrected chi connectivity index (χ1v) is 5.00. The smallest absolute Gasteiger partial charge is 0.182 e. The first kappa shape index (κ1) is 11.8. The number of aliphatic hydroxyl groups is 1. The topological polar surface area (TPSA) is 80.9 Å². The molecule has 1 aromatic rings. The lowest BCUT2D eigenvalue weighted by Gasteiger charge is -2.22. The highest BCUT2D eigenvalue weighted by molar-refractivity contribution is 5.88. The van der Waals surface area contributed by atoms with E-state index in [4.69, 9.17) is 0 Å². The van der Waals surface area contributed by atoms with Crippen molar-refractivity contribution in [2.24, 2.45) is 7.05 Å². The Balaban J connectivity index is 2.70. The first-order valence-electron chi connectivity index (χ1n) is 5.00. The van der Waals surface area contributed by atoms with Crippen molar-refractivity contribution in [2.75, 3.05) is 0 Å².